The number of rotatable bonds is 8. The zero-order valence-electron chi connectivity index (χ0n) is 30.0. The fourth-order valence-electron chi connectivity index (χ4n) is 8.61. The molecule has 1 aliphatic carbocycles. The molecule has 0 radical (unpaired) electrons. The van der Waals surface area contributed by atoms with Gasteiger partial charge in [0, 0.05) is 50.4 Å². The van der Waals surface area contributed by atoms with Crippen molar-refractivity contribution in [2.75, 3.05) is 44.6 Å². The average molecular weight is 704 g/mol. The van der Waals surface area contributed by atoms with E-state index in [4.69, 9.17) is 0 Å². The SMILES string of the molecule is CC(C)(C)CCN1C(=O)[C@H](CC(=O)N2CCC(N3CCc4ccccc4NC3=O)CC2)S[C@@H]1c1cccc(F)c1C1CCN(C2CCC2)CC1. The van der Waals surface area contributed by atoms with Crippen molar-refractivity contribution >= 4 is 35.3 Å². The number of hydrogen-bond acceptors (Lipinski definition) is 5. The Morgan fingerprint density at radius 2 is 1.64 bits per heavy atom. The highest BCUT2D eigenvalue weighted by atomic mass is 32.2. The number of carbonyl (C=O) groups excluding carboxylic acids is 3. The summed E-state index contributed by atoms with van der Waals surface area (Å²) < 4.78 is 15.8. The van der Waals surface area contributed by atoms with Crippen molar-refractivity contribution in [3.63, 3.8) is 0 Å². The number of piperidine rings is 2. The summed E-state index contributed by atoms with van der Waals surface area (Å²) in [6, 6.07) is 14.0. The molecule has 7 rings (SSSR count). The number of urea groups is 1. The summed E-state index contributed by atoms with van der Waals surface area (Å²) in [7, 11) is 0. The van der Waals surface area contributed by atoms with Gasteiger partial charge in [0.25, 0.3) is 0 Å². The Labute approximate surface area is 301 Å². The molecule has 2 aromatic carbocycles. The molecule has 3 saturated heterocycles. The predicted octanol–water partition coefficient (Wildman–Crippen LogP) is 7.41. The third kappa shape index (κ3) is 7.57. The lowest BCUT2D eigenvalue weighted by Gasteiger charge is -2.42. The highest BCUT2D eigenvalue weighted by Gasteiger charge is 2.45. The normalized spacial score (nSPS) is 24.6. The Bertz CT molecular complexity index is 1560. The van der Waals surface area contributed by atoms with Crippen molar-refractivity contribution in [1.82, 2.24) is 19.6 Å². The molecule has 0 bridgehead atoms. The van der Waals surface area contributed by atoms with Gasteiger partial charge in [-0.15, -0.1) is 11.8 Å². The van der Waals surface area contributed by atoms with Crippen LogP contribution >= 0.6 is 11.8 Å². The standard InChI is InChI=1S/C40H54FN5O3S/c1-40(2,3)19-25-46-37(48)34(50-38(46)31-11-7-12-32(41)36(31)28-14-20-43(21-15-28)29-9-6-10-29)26-35(47)44-22-17-30(18-23-44)45-24-16-27-8-4-5-13-33(27)42-39(45)49/h4-5,7-8,11-13,28-30,34,38H,6,9-10,14-26H2,1-3H3,(H,42,49)/t34-,38+/m0/s1. The van der Waals surface area contributed by atoms with Gasteiger partial charge in [0.1, 0.15) is 11.2 Å². The highest BCUT2D eigenvalue weighted by Crippen LogP contribution is 2.49. The van der Waals surface area contributed by atoms with Gasteiger partial charge >= 0.3 is 6.03 Å². The third-order valence-electron chi connectivity index (χ3n) is 11.9. The van der Waals surface area contributed by atoms with Gasteiger partial charge in [-0.3, -0.25) is 9.59 Å². The summed E-state index contributed by atoms with van der Waals surface area (Å²) in [6.45, 7) is 10.9. The molecular formula is C40H54FN5O3S. The molecule has 2 atom stereocenters. The summed E-state index contributed by atoms with van der Waals surface area (Å²) in [5.74, 6) is -0.0625. The van der Waals surface area contributed by atoms with E-state index in [0.717, 1.165) is 61.2 Å². The minimum absolute atomic E-state index is 0.0108. The number of carbonyl (C=O) groups is 3. The van der Waals surface area contributed by atoms with E-state index in [2.05, 4.69) is 37.1 Å². The third-order valence-corrected chi connectivity index (χ3v) is 13.3. The second kappa shape index (κ2) is 14.9. The van der Waals surface area contributed by atoms with Crippen molar-refractivity contribution in [1.29, 1.82) is 0 Å². The zero-order valence-corrected chi connectivity index (χ0v) is 30.9. The van der Waals surface area contributed by atoms with Crippen LogP contribution in [0.1, 0.15) is 107 Å². The van der Waals surface area contributed by atoms with Crippen molar-refractivity contribution in [2.45, 2.75) is 114 Å². The van der Waals surface area contributed by atoms with Gasteiger partial charge in [-0.05, 0) is 105 Å². The predicted molar refractivity (Wildman–Crippen MR) is 198 cm³/mol. The van der Waals surface area contributed by atoms with E-state index in [-0.39, 0.29) is 52.8 Å². The molecule has 0 aromatic heterocycles. The lowest BCUT2D eigenvalue weighted by molar-refractivity contribution is -0.137. The maximum Gasteiger partial charge on any atom is 0.322 e. The average Bonchev–Trinajstić information content (AvgIpc) is 3.26. The minimum Gasteiger partial charge on any atom is -0.342 e. The van der Waals surface area contributed by atoms with E-state index in [0.29, 0.717) is 45.1 Å². The number of amides is 4. The van der Waals surface area contributed by atoms with Gasteiger partial charge in [0.2, 0.25) is 11.8 Å². The summed E-state index contributed by atoms with van der Waals surface area (Å²) in [5.41, 5.74) is 3.74. The first-order valence-corrected chi connectivity index (χ1v) is 19.9. The molecule has 50 heavy (non-hydrogen) atoms. The second-order valence-corrected chi connectivity index (χ2v) is 17.6. The van der Waals surface area contributed by atoms with Crippen LogP contribution in [0.5, 0.6) is 0 Å². The van der Waals surface area contributed by atoms with Crippen LogP contribution in [-0.4, -0.2) is 94.0 Å². The quantitative estimate of drug-likeness (QED) is 0.310. The molecule has 10 heteroatoms. The maximum atomic E-state index is 15.8. The number of benzene rings is 2. The Morgan fingerprint density at radius 1 is 0.900 bits per heavy atom. The first-order valence-electron chi connectivity index (χ1n) is 19.0. The van der Waals surface area contributed by atoms with Crippen LogP contribution < -0.4 is 5.32 Å². The summed E-state index contributed by atoms with van der Waals surface area (Å²) in [6.07, 6.45) is 8.93. The van der Waals surface area contributed by atoms with Gasteiger partial charge in [-0.2, -0.15) is 0 Å². The zero-order chi connectivity index (χ0) is 35.0. The van der Waals surface area contributed by atoms with Gasteiger partial charge in [-0.25, -0.2) is 9.18 Å². The van der Waals surface area contributed by atoms with Crippen molar-refractivity contribution in [3.8, 4) is 0 Å². The summed E-state index contributed by atoms with van der Waals surface area (Å²) >= 11 is 1.54. The fourth-order valence-corrected chi connectivity index (χ4v) is 10.1. The van der Waals surface area contributed by atoms with Crippen molar-refractivity contribution in [2.24, 2.45) is 5.41 Å². The summed E-state index contributed by atoms with van der Waals surface area (Å²) in [5, 5.41) is 2.26. The molecule has 4 fully saturated rings. The van der Waals surface area contributed by atoms with Gasteiger partial charge < -0.3 is 24.9 Å². The lowest BCUT2D eigenvalue weighted by Crippen LogP contribution is -2.50. The first kappa shape index (κ1) is 35.3. The molecule has 4 amide bonds. The summed E-state index contributed by atoms with van der Waals surface area (Å²) in [4.78, 5) is 49.4. The molecule has 8 nitrogen and oxygen atoms in total. The van der Waals surface area contributed by atoms with Crippen molar-refractivity contribution < 1.29 is 18.8 Å². The number of anilines is 1. The largest absolute Gasteiger partial charge is 0.342 e. The number of fused-ring (bicyclic) bond motifs is 1. The van der Waals surface area contributed by atoms with Crippen LogP contribution in [0, 0.1) is 11.2 Å². The molecule has 270 valence electrons. The van der Waals surface area contributed by atoms with Gasteiger partial charge in [-0.1, -0.05) is 57.5 Å². The molecule has 4 aliphatic heterocycles. The Morgan fingerprint density at radius 3 is 2.34 bits per heavy atom. The van der Waals surface area contributed by atoms with Crippen LogP contribution in [0.15, 0.2) is 42.5 Å². The number of thioether (sulfide) groups is 1. The number of likely N-dealkylation sites (tertiary alicyclic amines) is 2. The van der Waals surface area contributed by atoms with Crippen LogP contribution in [0.2, 0.25) is 0 Å². The lowest BCUT2D eigenvalue weighted by atomic mass is 9.83. The molecule has 0 unspecified atom stereocenters. The van der Waals surface area contributed by atoms with Crippen LogP contribution in [0.3, 0.4) is 0 Å². The smallest absolute Gasteiger partial charge is 0.322 e. The Hall–Kier alpha value is -3.11. The van der Waals surface area contributed by atoms with Crippen LogP contribution in [0.25, 0.3) is 0 Å². The molecule has 2 aromatic rings. The topological polar surface area (TPSA) is 76.2 Å². The molecular weight excluding hydrogens is 650 g/mol. The Balaban J connectivity index is 1.02. The molecule has 1 N–H and O–H groups in total. The highest BCUT2D eigenvalue weighted by molar-refractivity contribution is 8.01. The number of nitrogens with one attached hydrogen (secondary N) is 1. The van der Waals surface area contributed by atoms with E-state index in [1.807, 2.05) is 39.0 Å². The minimum atomic E-state index is -0.503. The molecule has 5 aliphatic rings. The Kier molecular flexibility index (Phi) is 10.5. The van der Waals surface area contributed by atoms with Gasteiger partial charge in [0.15, 0.2) is 0 Å². The second-order valence-electron chi connectivity index (χ2n) is 16.3. The van der Waals surface area contributed by atoms with E-state index < -0.39 is 5.25 Å². The van der Waals surface area contributed by atoms with Gasteiger partial charge in [0.05, 0.1) is 5.25 Å². The van der Waals surface area contributed by atoms with Crippen LogP contribution in [-0.2, 0) is 16.0 Å². The number of hydrogen-bond donors (Lipinski definition) is 1. The number of nitrogens with zero attached hydrogens (tertiary/aromatic N) is 4. The van der Waals surface area contributed by atoms with Crippen LogP contribution in [0.4, 0.5) is 14.9 Å². The molecule has 1 saturated carbocycles. The first-order chi connectivity index (χ1) is 24.1. The van der Waals surface area contributed by atoms with E-state index in [1.165, 1.54) is 31.0 Å². The number of halogens is 1. The fraction of sp³-hybridized carbons (Fsp3) is 0.625. The number of para-hydroxylation sites is 1. The maximum absolute atomic E-state index is 15.8. The monoisotopic (exact) mass is 703 g/mol. The van der Waals surface area contributed by atoms with Crippen molar-refractivity contribution in [3.05, 3.63) is 65.0 Å². The molecule has 0 spiro atoms. The van der Waals surface area contributed by atoms with E-state index >= 15 is 4.39 Å². The van der Waals surface area contributed by atoms with E-state index in [1.54, 1.807) is 12.1 Å². The molecule has 4 heterocycles. The van der Waals surface area contributed by atoms with E-state index in [9.17, 15) is 14.4 Å².